The van der Waals surface area contributed by atoms with E-state index in [0.29, 0.717) is 4.47 Å². The molecule has 1 N–H and O–H groups in total. The highest BCUT2D eigenvalue weighted by Gasteiger charge is 2.34. The van der Waals surface area contributed by atoms with Crippen molar-refractivity contribution in [2.45, 2.75) is 6.54 Å². The lowest BCUT2D eigenvalue weighted by Gasteiger charge is -2.09. The number of nitro groups is 1. The number of hydrogen-bond donors (Lipinski definition) is 1. The largest absolute Gasteiger partial charge is 0.482 e. The van der Waals surface area contributed by atoms with Crippen molar-refractivity contribution in [3.63, 3.8) is 0 Å². The van der Waals surface area contributed by atoms with Crippen LogP contribution in [-0.2, 0) is 16.1 Å². The molecule has 3 rings (SSSR count). The van der Waals surface area contributed by atoms with Gasteiger partial charge in [0.05, 0.1) is 23.1 Å². The van der Waals surface area contributed by atoms with Gasteiger partial charge in [0.2, 0.25) is 11.5 Å². The number of methoxy groups -OCH3 is 1. The first-order valence-corrected chi connectivity index (χ1v) is 9.77. The lowest BCUT2D eigenvalue weighted by atomic mass is 10.1. The molecule has 2 aromatic rings. The molecule has 0 spiro atoms. The zero-order valence-electron chi connectivity index (χ0n) is 16.6. The van der Waals surface area contributed by atoms with Crippen molar-refractivity contribution >= 4 is 45.6 Å². The molecular formula is C20H16BrN3O8. The van der Waals surface area contributed by atoms with Crippen LogP contribution in [-0.4, -0.2) is 41.4 Å². The number of urea groups is 1. The maximum atomic E-state index is 12.7. The first-order valence-electron chi connectivity index (χ1n) is 8.98. The minimum Gasteiger partial charge on any atom is -0.482 e. The van der Waals surface area contributed by atoms with Gasteiger partial charge in [0.1, 0.15) is 18.1 Å². The number of nitrogens with zero attached hydrogens (tertiary/aromatic N) is 2. The average molecular weight is 506 g/mol. The Bertz CT molecular complexity index is 1150. The first kappa shape index (κ1) is 22.7. The van der Waals surface area contributed by atoms with E-state index in [1.807, 2.05) is 0 Å². The highest BCUT2D eigenvalue weighted by atomic mass is 79.9. The van der Waals surface area contributed by atoms with Crippen LogP contribution < -0.4 is 10.1 Å². The Morgan fingerprint density at radius 2 is 2.12 bits per heavy atom. The number of nitro benzene ring substituents is 1. The fraction of sp³-hybridized carbons (Fsp3) is 0.150. The molecule has 1 aliphatic heterocycles. The molecule has 0 aliphatic carbocycles. The van der Waals surface area contributed by atoms with Crippen LogP contribution in [0, 0.1) is 10.1 Å². The summed E-state index contributed by atoms with van der Waals surface area (Å²) in [5.74, 6) is -1.23. The van der Waals surface area contributed by atoms with Crippen molar-refractivity contribution in [2.75, 3.05) is 13.7 Å². The summed E-state index contributed by atoms with van der Waals surface area (Å²) >= 11 is 3.22. The summed E-state index contributed by atoms with van der Waals surface area (Å²) in [5, 5.41) is 13.9. The highest BCUT2D eigenvalue weighted by molar-refractivity contribution is 9.10. The normalized spacial score (nSPS) is 14.4. The molecule has 0 atom stereocenters. The van der Waals surface area contributed by atoms with Gasteiger partial charge in [-0.25, -0.2) is 9.59 Å². The quantitative estimate of drug-likeness (QED) is 0.143. The summed E-state index contributed by atoms with van der Waals surface area (Å²) in [7, 11) is 1.19. The smallest absolute Gasteiger partial charge is 0.373 e. The second kappa shape index (κ2) is 9.47. The Labute approximate surface area is 189 Å². The van der Waals surface area contributed by atoms with E-state index in [-0.39, 0.29) is 47.4 Å². The summed E-state index contributed by atoms with van der Waals surface area (Å²) in [4.78, 5) is 48.1. The Kier molecular flexibility index (Phi) is 6.73. The number of halogens is 1. The van der Waals surface area contributed by atoms with Gasteiger partial charge in [-0.05, 0) is 45.8 Å². The van der Waals surface area contributed by atoms with E-state index in [4.69, 9.17) is 9.15 Å². The average Bonchev–Trinajstić information content (AvgIpc) is 3.32. The number of nitrogens with one attached hydrogen (secondary N) is 1. The molecule has 0 saturated carbocycles. The summed E-state index contributed by atoms with van der Waals surface area (Å²) in [6.45, 7) is 3.34. The minimum absolute atomic E-state index is 0.0136. The van der Waals surface area contributed by atoms with Crippen LogP contribution in [0.25, 0.3) is 6.08 Å². The standard InChI is InChI=1S/C20H16BrN3O8/c1-3-6-31-17-13(21)7-11(9-15(17)24(28)29)8-14-18(25)23(20(27)22-14)10-12-4-5-16(32-12)19(26)30-2/h3-5,7-9H,1,6,10H2,2H3,(H,22,27)/b14-8-. The molecule has 1 aliphatic rings. The summed E-state index contributed by atoms with van der Waals surface area (Å²) in [6.07, 6.45) is 2.75. The molecule has 1 aromatic heterocycles. The van der Waals surface area contributed by atoms with Gasteiger partial charge in [0.15, 0.2) is 0 Å². The Morgan fingerprint density at radius 1 is 1.38 bits per heavy atom. The zero-order chi connectivity index (χ0) is 23.4. The van der Waals surface area contributed by atoms with Gasteiger partial charge in [-0.15, -0.1) is 0 Å². The van der Waals surface area contributed by atoms with Gasteiger partial charge in [0.25, 0.3) is 5.91 Å². The second-order valence-corrected chi connectivity index (χ2v) is 7.20. The van der Waals surface area contributed by atoms with Crippen LogP contribution in [0.5, 0.6) is 5.75 Å². The number of hydrogen-bond acceptors (Lipinski definition) is 8. The number of rotatable bonds is 8. The maximum absolute atomic E-state index is 12.7. The topological polar surface area (TPSA) is 141 Å². The van der Waals surface area contributed by atoms with Gasteiger partial charge in [-0.2, -0.15) is 0 Å². The lowest BCUT2D eigenvalue weighted by Crippen LogP contribution is -2.30. The van der Waals surface area contributed by atoms with Crippen LogP contribution in [0.1, 0.15) is 21.9 Å². The maximum Gasteiger partial charge on any atom is 0.373 e. The fourth-order valence-corrected chi connectivity index (χ4v) is 3.40. The Hall–Kier alpha value is -3.93. The number of furan rings is 1. The van der Waals surface area contributed by atoms with Crippen molar-refractivity contribution in [3.8, 4) is 5.75 Å². The Balaban J connectivity index is 1.85. The molecule has 0 unspecified atom stereocenters. The predicted molar refractivity (Wildman–Crippen MR) is 114 cm³/mol. The van der Waals surface area contributed by atoms with Crippen LogP contribution in [0.2, 0.25) is 0 Å². The molecule has 12 heteroatoms. The van der Waals surface area contributed by atoms with Crippen LogP contribution >= 0.6 is 15.9 Å². The van der Waals surface area contributed by atoms with Crippen LogP contribution in [0.4, 0.5) is 10.5 Å². The number of carbonyl (C=O) groups excluding carboxylic acids is 3. The third-order valence-corrected chi connectivity index (χ3v) is 4.81. The molecule has 2 heterocycles. The number of esters is 1. The summed E-state index contributed by atoms with van der Waals surface area (Å²) < 4.78 is 15.5. The van der Waals surface area contributed by atoms with E-state index in [2.05, 4.69) is 32.6 Å². The van der Waals surface area contributed by atoms with Crippen molar-refractivity contribution < 1.29 is 33.2 Å². The number of ether oxygens (including phenoxy) is 2. The molecule has 3 amide bonds. The summed E-state index contributed by atoms with van der Waals surface area (Å²) in [5.41, 5.74) is -0.130. The van der Waals surface area contributed by atoms with E-state index < -0.39 is 22.8 Å². The van der Waals surface area contributed by atoms with E-state index >= 15 is 0 Å². The lowest BCUT2D eigenvalue weighted by molar-refractivity contribution is -0.385. The zero-order valence-corrected chi connectivity index (χ0v) is 18.2. The van der Waals surface area contributed by atoms with Gasteiger partial charge >= 0.3 is 17.7 Å². The monoisotopic (exact) mass is 505 g/mol. The van der Waals surface area contributed by atoms with Gasteiger partial charge in [-0.3, -0.25) is 19.8 Å². The minimum atomic E-state index is -0.711. The molecule has 11 nitrogen and oxygen atoms in total. The van der Waals surface area contributed by atoms with E-state index in [1.165, 1.54) is 43.5 Å². The van der Waals surface area contributed by atoms with Crippen molar-refractivity contribution in [1.82, 2.24) is 10.2 Å². The third-order valence-electron chi connectivity index (χ3n) is 4.22. The fourth-order valence-electron chi connectivity index (χ4n) is 2.81. The summed E-state index contributed by atoms with van der Waals surface area (Å²) in [6, 6.07) is 4.82. The van der Waals surface area contributed by atoms with E-state index in [9.17, 15) is 24.5 Å². The number of benzene rings is 1. The first-order chi connectivity index (χ1) is 15.2. The molecular weight excluding hydrogens is 490 g/mol. The van der Waals surface area contributed by atoms with Crippen molar-refractivity contribution in [2.24, 2.45) is 0 Å². The Morgan fingerprint density at radius 3 is 2.78 bits per heavy atom. The van der Waals surface area contributed by atoms with Gasteiger partial charge in [-0.1, -0.05) is 12.7 Å². The van der Waals surface area contributed by atoms with Crippen LogP contribution in [0.3, 0.4) is 0 Å². The predicted octanol–water partition coefficient (Wildman–Crippen LogP) is 3.39. The molecule has 166 valence electrons. The third kappa shape index (κ3) is 4.70. The van der Waals surface area contributed by atoms with Crippen LogP contribution in [0.15, 0.2) is 51.5 Å². The number of amides is 3. The molecule has 0 bridgehead atoms. The van der Waals surface area contributed by atoms with E-state index in [1.54, 1.807) is 0 Å². The van der Waals surface area contributed by atoms with Crippen molar-refractivity contribution in [1.29, 1.82) is 0 Å². The molecule has 32 heavy (non-hydrogen) atoms. The molecule has 0 radical (unpaired) electrons. The molecule has 1 saturated heterocycles. The molecule has 1 aromatic carbocycles. The van der Waals surface area contributed by atoms with E-state index in [0.717, 1.165) is 4.90 Å². The molecule has 1 fully saturated rings. The van der Waals surface area contributed by atoms with Crippen molar-refractivity contribution in [3.05, 3.63) is 74.3 Å². The number of imide groups is 1. The number of carbonyl (C=O) groups is 3. The SMILES string of the molecule is C=CCOc1c(Br)cc(/C=C2\NC(=O)N(Cc3ccc(C(=O)OC)o3)C2=O)cc1[N+](=O)[O-]. The second-order valence-electron chi connectivity index (χ2n) is 6.34. The highest BCUT2D eigenvalue weighted by Crippen LogP contribution is 2.37. The van der Waals surface area contributed by atoms with Gasteiger partial charge < -0.3 is 19.2 Å². The van der Waals surface area contributed by atoms with Gasteiger partial charge in [0, 0.05) is 6.07 Å².